The van der Waals surface area contributed by atoms with Crippen LogP contribution < -0.4 is 11.3 Å². The van der Waals surface area contributed by atoms with E-state index < -0.39 is 24.9 Å². The lowest BCUT2D eigenvalue weighted by Gasteiger charge is -2.26. The zero-order chi connectivity index (χ0) is 11.1. The van der Waals surface area contributed by atoms with E-state index in [4.69, 9.17) is 10.9 Å². The summed E-state index contributed by atoms with van der Waals surface area (Å²) >= 11 is 0. The summed E-state index contributed by atoms with van der Waals surface area (Å²) in [5.41, 5.74) is 1.87. The minimum absolute atomic E-state index is 0.0128. The summed E-state index contributed by atoms with van der Waals surface area (Å²) in [5.74, 6) is 4.31. The smallest absolute Gasteiger partial charge is 0.251 e. The molecule has 0 aromatic carbocycles. The van der Waals surface area contributed by atoms with E-state index in [0.29, 0.717) is 0 Å². The van der Waals surface area contributed by atoms with Gasteiger partial charge in [-0.3, -0.25) is 15.1 Å². The maximum absolute atomic E-state index is 12.0. The van der Waals surface area contributed by atoms with Crippen LogP contribution in [-0.2, 0) is 4.79 Å². The highest BCUT2D eigenvalue weighted by atomic mass is 19.3. The first-order valence-corrected chi connectivity index (χ1v) is 4.16. The van der Waals surface area contributed by atoms with Gasteiger partial charge in [-0.15, -0.1) is 0 Å². The molecular formula is C7H15F2N3O2. The average molecular weight is 211 g/mol. The minimum Gasteiger partial charge on any atom is -0.395 e. The van der Waals surface area contributed by atoms with Crippen LogP contribution in [0.5, 0.6) is 0 Å². The maximum atomic E-state index is 12.0. The van der Waals surface area contributed by atoms with Gasteiger partial charge in [0.05, 0.1) is 19.2 Å². The molecule has 0 heterocycles. The number of halogens is 2. The molecule has 0 aromatic rings. The van der Waals surface area contributed by atoms with Gasteiger partial charge in [0.25, 0.3) is 12.3 Å². The third kappa shape index (κ3) is 4.45. The molecule has 0 aliphatic rings. The third-order valence-electron chi connectivity index (χ3n) is 1.83. The van der Waals surface area contributed by atoms with E-state index in [1.54, 1.807) is 0 Å². The largest absolute Gasteiger partial charge is 0.395 e. The molecule has 0 aliphatic heterocycles. The van der Waals surface area contributed by atoms with Gasteiger partial charge < -0.3 is 5.11 Å². The van der Waals surface area contributed by atoms with E-state index in [-0.39, 0.29) is 13.2 Å². The number of nitrogens with two attached hydrogens (primary N) is 1. The molecular weight excluding hydrogens is 196 g/mol. The monoisotopic (exact) mass is 211 g/mol. The van der Waals surface area contributed by atoms with Crippen molar-refractivity contribution in [1.29, 1.82) is 0 Å². The van der Waals surface area contributed by atoms with Gasteiger partial charge >= 0.3 is 0 Å². The van der Waals surface area contributed by atoms with Crippen molar-refractivity contribution >= 4 is 5.91 Å². The SMILES string of the molecule is CC(C(=O)NN)N(CCO)CC(F)F. The van der Waals surface area contributed by atoms with Gasteiger partial charge in [0.2, 0.25) is 0 Å². The number of rotatable bonds is 6. The number of nitrogens with one attached hydrogen (secondary N) is 1. The molecule has 0 fully saturated rings. The third-order valence-corrected chi connectivity index (χ3v) is 1.83. The molecule has 0 saturated heterocycles. The predicted molar refractivity (Wildman–Crippen MR) is 46.5 cm³/mol. The molecule has 0 saturated carbocycles. The van der Waals surface area contributed by atoms with Crippen LogP contribution in [0.1, 0.15) is 6.92 Å². The number of aliphatic hydroxyl groups excluding tert-OH is 1. The lowest BCUT2D eigenvalue weighted by molar-refractivity contribution is -0.126. The molecule has 0 radical (unpaired) electrons. The fourth-order valence-corrected chi connectivity index (χ4v) is 1.04. The van der Waals surface area contributed by atoms with Crippen molar-refractivity contribution in [1.82, 2.24) is 10.3 Å². The molecule has 1 atom stereocenters. The molecule has 1 unspecified atom stereocenters. The molecule has 14 heavy (non-hydrogen) atoms. The maximum Gasteiger partial charge on any atom is 0.251 e. The number of aliphatic hydroxyl groups is 1. The number of hydrogen-bond donors (Lipinski definition) is 3. The molecule has 0 aromatic heterocycles. The Labute approximate surface area is 80.8 Å². The molecule has 0 spiro atoms. The minimum atomic E-state index is -2.55. The standard InChI is InChI=1S/C7H15F2N3O2/c1-5(7(14)11-10)12(2-3-13)4-6(8)9/h5-6,13H,2-4,10H2,1H3,(H,11,14). The zero-order valence-electron chi connectivity index (χ0n) is 7.91. The molecule has 5 nitrogen and oxygen atoms in total. The molecule has 0 bridgehead atoms. The molecule has 0 rings (SSSR count). The first kappa shape index (κ1) is 13.2. The van der Waals surface area contributed by atoms with Crippen LogP contribution in [-0.4, -0.2) is 48.1 Å². The molecule has 4 N–H and O–H groups in total. The summed E-state index contributed by atoms with van der Waals surface area (Å²) < 4.78 is 24.1. The zero-order valence-corrected chi connectivity index (χ0v) is 7.91. The van der Waals surface area contributed by atoms with Crippen LogP contribution in [0.4, 0.5) is 8.78 Å². The highest BCUT2D eigenvalue weighted by Gasteiger charge is 2.22. The van der Waals surface area contributed by atoms with E-state index in [2.05, 4.69) is 0 Å². The first-order valence-electron chi connectivity index (χ1n) is 4.16. The summed E-state index contributed by atoms with van der Waals surface area (Å²) in [6.07, 6.45) is -2.55. The number of alkyl halides is 2. The Bertz CT molecular complexity index is 180. The quantitative estimate of drug-likeness (QED) is 0.297. The molecule has 1 amide bonds. The highest BCUT2D eigenvalue weighted by molar-refractivity contribution is 5.80. The van der Waals surface area contributed by atoms with Gasteiger partial charge in [-0.05, 0) is 6.92 Å². The van der Waals surface area contributed by atoms with Crippen molar-refractivity contribution in [2.75, 3.05) is 19.7 Å². The number of amides is 1. The van der Waals surface area contributed by atoms with E-state index in [1.165, 1.54) is 6.92 Å². The lowest BCUT2D eigenvalue weighted by atomic mass is 10.2. The van der Waals surface area contributed by atoms with Gasteiger partial charge in [0.1, 0.15) is 0 Å². The van der Waals surface area contributed by atoms with Crippen molar-refractivity contribution < 1.29 is 18.7 Å². The fraction of sp³-hybridized carbons (Fsp3) is 0.857. The van der Waals surface area contributed by atoms with Crippen molar-refractivity contribution in [2.45, 2.75) is 19.4 Å². The topological polar surface area (TPSA) is 78.6 Å². The van der Waals surface area contributed by atoms with Crippen LogP contribution in [0.2, 0.25) is 0 Å². The Hall–Kier alpha value is -0.790. The van der Waals surface area contributed by atoms with Crippen molar-refractivity contribution in [3.8, 4) is 0 Å². The van der Waals surface area contributed by atoms with Gasteiger partial charge in [-0.25, -0.2) is 14.6 Å². The molecule has 7 heteroatoms. The Balaban J connectivity index is 4.24. The normalized spacial score (nSPS) is 13.4. The van der Waals surface area contributed by atoms with E-state index in [9.17, 15) is 13.6 Å². The van der Waals surface area contributed by atoms with E-state index in [0.717, 1.165) is 4.90 Å². The van der Waals surface area contributed by atoms with E-state index >= 15 is 0 Å². The van der Waals surface area contributed by atoms with Crippen molar-refractivity contribution in [2.24, 2.45) is 5.84 Å². The summed E-state index contributed by atoms with van der Waals surface area (Å²) in [6.45, 7) is 0.614. The highest BCUT2D eigenvalue weighted by Crippen LogP contribution is 2.03. The average Bonchev–Trinajstić information content (AvgIpc) is 2.14. The van der Waals surface area contributed by atoms with Gasteiger partial charge in [0.15, 0.2) is 0 Å². The number of carbonyl (C=O) groups is 1. The number of carbonyl (C=O) groups excluding carboxylic acids is 1. The Morgan fingerprint density at radius 2 is 2.21 bits per heavy atom. The second-order valence-corrected chi connectivity index (χ2v) is 2.79. The second kappa shape index (κ2) is 6.63. The van der Waals surface area contributed by atoms with Gasteiger partial charge in [-0.1, -0.05) is 0 Å². The van der Waals surface area contributed by atoms with Crippen LogP contribution in [0.3, 0.4) is 0 Å². The van der Waals surface area contributed by atoms with Crippen LogP contribution in [0.25, 0.3) is 0 Å². The van der Waals surface area contributed by atoms with Crippen LogP contribution in [0.15, 0.2) is 0 Å². The molecule has 84 valence electrons. The van der Waals surface area contributed by atoms with Crippen LogP contribution in [0, 0.1) is 0 Å². The van der Waals surface area contributed by atoms with Crippen LogP contribution >= 0.6 is 0 Å². The van der Waals surface area contributed by atoms with Gasteiger partial charge in [-0.2, -0.15) is 0 Å². The second-order valence-electron chi connectivity index (χ2n) is 2.79. The molecule has 0 aliphatic carbocycles. The number of hydrogen-bond acceptors (Lipinski definition) is 4. The Kier molecular flexibility index (Phi) is 6.26. The number of nitrogens with zero attached hydrogens (tertiary/aromatic N) is 1. The Morgan fingerprint density at radius 1 is 1.64 bits per heavy atom. The summed E-state index contributed by atoms with van der Waals surface area (Å²) in [7, 11) is 0. The summed E-state index contributed by atoms with van der Waals surface area (Å²) in [6, 6.07) is -0.777. The van der Waals surface area contributed by atoms with Crippen molar-refractivity contribution in [3.63, 3.8) is 0 Å². The fourth-order valence-electron chi connectivity index (χ4n) is 1.04. The summed E-state index contributed by atoms with van der Waals surface area (Å²) in [5, 5.41) is 8.60. The predicted octanol–water partition coefficient (Wildman–Crippen LogP) is -1.08. The first-order chi connectivity index (χ1) is 6.52. The summed E-state index contributed by atoms with van der Waals surface area (Å²) in [4.78, 5) is 12.2. The lowest BCUT2D eigenvalue weighted by Crippen LogP contribution is -2.49. The van der Waals surface area contributed by atoms with Crippen molar-refractivity contribution in [3.05, 3.63) is 0 Å². The number of hydrazine groups is 1. The van der Waals surface area contributed by atoms with E-state index in [1.807, 2.05) is 5.43 Å². The van der Waals surface area contributed by atoms with Gasteiger partial charge in [0, 0.05) is 6.54 Å². The Morgan fingerprint density at radius 3 is 2.57 bits per heavy atom.